The van der Waals surface area contributed by atoms with Crippen LogP contribution in [0.4, 0.5) is 10.5 Å². The quantitative estimate of drug-likeness (QED) is 0.905. The van der Waals surface area contributed by atoms with E-state index in [1.807, 2.05) is 24.3 Å². The van der Waals surface area contributed by atoms with Crippen molar-refractivity contribution in [3.63, 3.8) is 0 Å². The fraction of sp³-hybridized carbons (Fsp3) is 0.421. The Morgan fingerprint density at radius 1 is 1.21 bits per heavy atom. The molecule has 0 spiro atoms. The van der Waals surface area contributed by atoms with Crippen LogP contribution in [-0.4, -0.2) is 31.3 Å². The van der Waals surface area contributed by atoms with Crippen molar-refractivity contribution < 1.29 is 9.53 Å². The highest BCUT2D eigenvalue weighted by molar-refractivity contribution is 7.08. The Morgan fingerprint density at radius 3 is 2.67 bits per heavy atom. The van der Waals surface area contributed by atoms with Gasteiger partial charge in [-0.25, -0.2) is 4.79 Å². The molecule has 2 aromatic rings. The summed E-state index contributed by atoms with van der Waals surface area (Å²) in [5.41, 5.74) is 3.08. The first kappa shape index (κ1) is 15.7. The number of carbonyl (C=O) groups excluding carboxylic acids is 1. The van der Waals surface area contributed by atoms with Gasteiger partial charge in [0.2, 0.25) is 0 Å². The van der Waals surface area contributed by atoms with Crippen LogP contribution in [0.5, 0.6) is 0 Å². The molecule has 4 rings (SSSR count). The molecule has 4 nitrogen and oxygen atoms in total. The number of rotatable bonds is 3. The summed E-state index contributed by atoms with van der Waals surface area (Å²) in [7, 11) is 1.79. The fourth-order valence-electron chi connectivity index (χ4n) is 3.85. The summed E-state index contributed by atoms with van der Waals surface area (Å²) in [4.78, 5) is 14.3. The molecule has 2 bridgehead atoms. The van der Waals surface area contributed by atoms with Crippen molar-refractivity contribution >= 4 is 23.1 Å². The lowest BCUT2D eigenvalue weighted by Crippen LogP contribution is -2.43. The van der Waals surface area contributed by atoms with E-state index in [4.69, 9.17) is 4.74 Å². The summed E-state index contributed by atoms with van der Waals surface area (Å²) in [6.45, 7) is 0. The number of carbonyl (C=O) groups is 1. The minimum atomic E-state index is -0.260. The van der Waals surface area contributed by atoms with Gasteiger partial charge in [0, 0.05) is 24.7 Å². The van der Waals surface area contributed by atoms with Crippen LogP contribution in [0.15, 0.2) is 41.1 Å². The van der Waals surface area contributed by atoms with E-state index in [1.54, 1.807) is 23.3 Å². The van der Waals surface area contributed by atoms with Gasteiger partial charge in [0.05, 0.1) is 5.69 Å². The summed E-state index contributed by atoms with van der Waals surface area (Å²) >= 11 is 1.66. The smallest absolute Gasteiger partial charge is 0.414 e. The van der Waals surface area contributed by atoms with Gasteiger partial charge >= 0.3 is 6.09 Å². The molecule has 2 aliphatic rings. The summed E-state index contributed by atoms with van der Waals surface area (Å²) < 4.78 is 5.81. The van der Waals surface area contributed by atoms with Crippen molar-refractivity contribution in [2.45, 2.75) is 43.9 Å². The van der Waals surface area contributed by atoms with Crippen LogP contribution in [0.2, 0.25) is 0 Å². The molecule has 24 heavy (non-hydrogen) atoms. The third-order valence-corrected chi connectivity index (χ3v) is 5.75. The SMILES string of the molecule is CN(C(=O)OC1CC2CCC(C1)N2)c1ccccc1-c1ccsc1. The average Bonchev–Trinajstić information content (AvgIpc) is 3.24. The third kappa shape index (κ3) is 3.06. The number of hydrogen-bond acceptors (Lipinski definition) is 4. The normalized spacial score (nSPS) is 25.5. The van der Waals surface area contributed by atoms with E-state index in [2.05, 4.69) is 22.1 Å². The van der Waals surface area contributed by atoms with E-state index >= 15 is 0 Å². The van der Waals surface area contributed by atoms with E-state index in [-0.39, 0.29) is 12.2 Å². The van der Waals surface area contributed by atoms with E-state index in [1.165, 1.54) is 12.8 Å². The summed E-state index contributed by atoms with van der Waals surface area (Å²) in [6.07, 6.45) is 4.05. The van der Waals surface area contributed by atoms with Crippen LogP contribution in [0.3, 0.4) is 0 Å². The van der Waals surface area contributed by atoms with Crippen molar-refractivity contribution in [1.29, 1.82) is 0 Å². The number of para-hydroxylation sites is 1. The van der Waals surface area contributed by atoms with Crippen LogP contribution in [0.25, 0.3) is 11.1 Å². The molecule has 5 heteroatoms. The van der Waals surface area contributed by atoms with Gasteiger partial charge < -0.3 is 10.1 Å². The van der Waals surface area contributed by atoms with Crippen LogP contribution in [-0.2, 0) is 4.74 Å². The van der Waals surface area contributed by atoms with Gasteiger partial charge in [-0.05, 0) is 54.1 Å². The van der Waals surface area contributed by atoms with Gasteiger partial charge in [-0.1, -0.05) is 18.2 Å². The molecule has 2 unspecified atom stereocenters. The summed E-state index contributed by atoms with van der Waals surface area (Å²) in [5, 5.41) is 7.73. The zero-order valence-corrected chi connectivity index (χ0v) is 14.6. The monoisotopic (exact) mass is 342 g/mol. The highest BCUT2D eigenvalue weighted by Gasteiger charge is 2.35. The summed E-state index contributed by atoms with van der Waals surface area (Å²) in [5.74, 6) is 0. The van der Waals surface area contributed by atoms with Crippen LogP contribution in [0.1, 0.15) is 25.7 Å². The molecule has 2 aliphatic heterocycles. The topological polar surface area (TPSA) is 41.6 Å². The van der Waals surface area contributed by atoms with Crippen molar-refractivity contribution in [2.24, 2.45) is 0 Å². The average molecular weight is 342 g/mol. The van der Waals surface area contributed by atoms with Crippen molar-refractivity contribution in [3.05, 3.63) is 41.1 Å². The van der Waals surface area contributed by atoms with Gasteiger partial charge in [0.1, 0.15) is 6.10 Å². The maximum atomic E-state index is 12.7. The number of nitrogens with one attached hydrogen (secondary N) is 1. The Bertz CT molecular complexity index is 704. The number of nitrogens with zero attached hydrogens (tertiary/aromatic N) is 1. The molecule has 3 heterocycles. The molecule has 2 fully saturated rings. The van der Waals surface area contributed by atoms with Crippen LogP contribution >= 0.6 is 11.3 Å². The standard InChI is InChI=1S/C19H22N2O2S/c1-21(18-5-3-2-4-17(18)13-8-9-24-12-13)19(22)23-16-10-14-6-7-15(11-16)20-14/h2-5,8-9,12,14-16,20H,6-7,10-11H2,1H3. The largest absolute Gasteiger partial charge is 0.446 e. The first-order chi connectivity index (χ1) is 11.7. The number of thiophene rings is 1. The van der Waals surface area contributed by atoms with Crippen LogP contribution in [0, 0.1) is 0 Å². The second-order valence-corrected chi connectivity index (χ2v) is 7.48. The first-order valence-electron chi connectivity index (χ1n) is 8.52. The predicted octanol–water partition coefficient (Wildman–Crippen LogP) is 4.27. The van der Waals surface area contributed by atoms with Gasteiger partial charge in [0.15, 0.2) is 0 Å². The molecule has 0 radical (unpaired) electrons. The molecule has 0 saturated carbocycles. The fourth-order valence-corrected chi connectivity index (χ4v) is 4.51. The number of hydrogen-bond donors (Lipinski definition) is 1. The molecule has 1 amide bonds. The van der Waals surface area contributed by atoms with Gasteiger partial charge in [0.25, 0.3) is 0 Å². The zero-order valence-electron chi connectivity index (χ0n) is 13.8. The van der Waals surface area contributed by atoms with Gasteiger partial charge in [-0.15, -0.1) is 0 Å². The number of benzene rings is 1. The molecule has 1 aromatic carbocycles. The van der Waals surface area contributed by atoms with Gasteiger partial charge in [-0.3, -0.25) is 4.90 Å². The number of piperidine rings is 1. The first-order valence-corrected chi connectivity index (χ1v) is 9.47. The molecule has 1 aromatic heterocycles. The van der Waals surface area contributed by atoms with Crippen molar-refractivity contribution in [1.82, 2.24) is 5.32 Å². The lowest BCUT2D eigenvalue weighted by molar-refractivity contribution is 0.0730. The molecular formula is C19H22N2O2S. The van der Waals surface area contributed by atoms with Crippen LogP contribution < -0.4 is 10.2 Å². The lowest BCUT2D eigenvalue weighted by atomic mass is 10.0. The molecule has 2 saturated heterocycles. The Labute approximate surface area is 146 Å². The summed E-state index contributed by atoms with van der Waals surface area (Å²) in [6, 6.07) is 11.1. The highest BCUT2D eigenvalue weighted by atomic mass is 32.1. The second-order valence-electron chi connectivity index (χ2n) is 6.70. The number of amides is 1. The number of fused-ring (bicyclic) bond motifs is 2. The Kier molecular flexibility index (Phi) is 4.29. The molecule has 126 valence electrons. The molecule has 1 N–H and O–H groups in total. The maximum Gasteiger partial charge on any atom is 0.414 e. The third-order valence-electron chi connectivity index (χ3n) is 5.07. The Hall–Kier alpha value is -1.85. The van der Waals surface area contributed by atoms with Gasteiger partial charge in [-0.2, -0.15) is 11.3 Å². The molecular weight excluding hydrogens is 320 g/mol. The molecule has 2 atom stereocenters. The second kappa shape index (κ2) is 6.57. The van der Waals surface area contributed by atoms with E-state index < -0.39 is 0 Å². The lowest BCUT2D eigenvalue weighted by Gasteiger charge is -2.30. The van der Waals surface area contributed by atoms with Crippen molar-refractivity contribution in [2.75, 3.05) is 11.9 Å². The van der Waals surface area contributed by atoms with E-state index in [0.717, 1.165) is 29.7 Å². The highest BCUT2D eigenvalue weighted by Crippen LogP contribution is 2.33. The van der Waals surface area contributed by atoms with E-state index in [9.17, 15) is 4.79 Å². The predicted molar refractivity (Wildman–Crippen MR) is 97.6 cm³/mol. The zero-order chi connectivity index (χ0) is 16.5. The minimum Gasteiger partial charge on any atom is -0.446 e. The van der Waals surface area contributed by atoms with Crippen molar-refractivity contribution in [3.8, 4) is 11.1 Å². The maximum absolute atomic E-state index is 12.7. The molecule has 0 aliphatic carbocycles. The Morgan fingerprint density at radius 2 is 1.96 bits per heavy atom. The minimum absolute atomic E-state index is 0.0343. The number of anilines is 1. The Balaban J connectivity index is 1.49. The number of ether oxygens (including phenoxy) is 1. The van der Waals surface area contributed by atoms with E-state index in [0.29, 0.717) is 12.1 Å².